The van der Waals surface area contributed by atoms with Gasteiger partial charge < -0.3 is 67.5 Å². The molecule has 0 aliphatic heterocycles. The minimum Gasteiger partial charge on any atom is -0.368 e. The summed E-state index contributed by atoms with van der Waals surface area (Å²) in [7, 11) is 0. The van der Waals surface area contributed by atoms with E-state index in [0.29, 0.717) is 35.3 Å². The van der Waals surface area contributed by atoms with Gasteiger partial charge in [0, 0.05) is 78.5 Å². The number of benzene rings is 6. The molecule has 0 fully saturated rings. The van der Waals surface area contributed by atoms with Crippen molar-refractivity contribution in [1.29, 1.82) is 0 Å². The maximum atomic E-state index is 15.0. The average Bonchev–Trinajstić information content (AvgIpc) is 3.43. The van der Waals surface area contributed by atoms with Crippen molar-refractivity contribution in [3.63, 3.8) is 0 Å². The van der Waals surface area contributed by atoms with Crippen molar-refractivity contribution >= 4 is 53.2 Å². The van der Waals surface area contributed by atoms with E-state index in [1.165, 1.54) is 39.2 Å². The van der Waals surface area contributed by atoms with E-state index in [4.69, 9.17) is 22.9 Å². The molecule has 0 radical (unpaired) electrons. The van der Waals surface area contributed by atoms with Crippen LogP contribution < -0.4 is 28.3 Å². The molecule has 6 aromatic carbocycles. The van der Waals surface area contributed by atoms with Crippen molar-refractivity contribution in [2.24, 2.45) is 22.9 Å². The van der Waals surface area contributed by atoms with Crippen molar-refractivity contribution in [2.75, 3.05) is 98.2 Å². The SMILES string of the molecule is NCCNCC(=O)N(CC(=O)N(CC(=O)N(CCN)CC(=O)N(CC(=O)N(CC(=O)N(CCN)CC(=O)N(CC(=O)N(CC(N)=O)Cc1ccccc1)Cc1ccccc1)Cc1ccccc1)Cc1ccccc1)Cc1ccccc1)Cc1ccccc1. The molecular weight excluding hydrogens is 1120 g/mol. The first-order valence-electron chi connectivity index (χ1n) is 29.2. The van der Waals surface area contributed by atoms with Crippen LogP contribution in [0.5, 0.6) is 0 Å². The minimum absolute atomic E-state index is 0.00591. The number of rotatable bonds is 36. The van der Waals surface area contributed by atoms with Gasteiger partial charge in [-0.2, -0.15) is 0 Å². The van der Waals surface area contributed by atoms with Crippen molar-refractivity contribution in [3.05, 3.63) is 215 Å². The van der Waals surface area contributed by atoms with Crippen molar-refractivity contribution in [2.45, 2.75) is 39.3 Å². The fraction of sp³-hybridized carbons (Fsp3) is 0.318. The number of hydrogen-bond donors (Lipinski definition) is 5. The Labute approximate surface area is 514 Å². The molecule has 0 spiro atoms. The van der Waals surface area contributed by atoms with Crippen LogP contribution in [0.25, 0.3) is 0 Å². The molecule has 9 amide bonds. The molecule has 6 rings (SSSR count). The van der Waals surface area contributed by atoms with Gasteiger partial charge in [0.15, 0.2) is 0 Å². The minimum atomic E-state index is -0.746. The third-order valence-electron chi connectivity index (χ3n) is 14.1. The maximum Gasteiger partial charge on any atom is 0.242 e. The molecule has 0 aliphatic carbocycles. The molecule has 9 N–H and O–H groups in total. The molecule has 88 heavy (non-hydrogen) atoms. The number of nitrogens with one attached hydrogen (secondary N) is 1. The molecule has 0 aromatic heterocycles. The van der Waals surface area contributed by atoms with Crippen LogP contribution in [0.1, 0.15) is 33.4 Å². The molecule has 0 heterocycles. The van der Waals surface area contributed by atoms with Gasteiger partial charge in [-0.05, 0) is 33.4 Å². The van der Waals surface area contributed by atoms with Gasteiger partial charge in [0.05, 0.1) is 26.2 Å². The Morgan fingerprint density at radius 2 is 0.477 bits per heavy atom. The van der Waals surface area contributed by atoms with Crippen molar-refractivity contribution < 1.29 is 43.2 Å². The largest absolute Gasteiger partial charge is 0.368 e. The monoisotopic (exact) mass is 1200 g/mol. The summed E-state index contributed by atoms with van der Waals surface area (Å²) in [6, 6.07) is 54.0. The predicted molar refractivity (Wildman–Crippen MR) is 334 cm³/mol. The normalized spacial score (nSPS) is 10.8. The summed E-state index contributed by atoms with van der Waals surface area (Å²) in [5.74, 6) is -5.36. The number of amides is 9. The molecule has 0 atom stereocenters. The van der Waals surface area contributed by atoms with Gasteiger partial charge >= 0.3 is 0 Å². The Morgan fingerprint density at radius 1 is 0.273 bits per heavy atom. The fourth-order valence-electron chi connectivity index (χ4n) is 9.55. The van der Waals surface area contributed by atoms with Gasteiger partial charge in [-0.1, -0.05) is 182 Å². The highest BCUT2D eigenvalue weighted by Gasteiger charge is 2.32. The highest BCUT2D eigenvalue weighted by atomic mass is 16.2. The molecule has 0 saturated heterocycles. The van der Waals surface area contributed by atoms with Crippen LogP contribution in [0.2, 0.25) is 0 Å². The fourth-order valence-corrected chi connectivity index (χ4v) is 9.55. The summed E-state index contributed by atoms with van der Waals surface area (Å²) in [5.41, 5.74) is 27.7. The summed E-state index contributed by atoms with van der Waals surface area (Å²) in [5, 5.41) is 3.00. The number of primary amides is 1. The average molecular weight is 1200 g/mol. The van der Waals surface area contributed by atoms with Crippen molar-refractivity contribution in [1.82, 2.24) is 44.5 Å². The summed E-state index contributed by atoms with van der Waals surface area (Å²) in [6.45, 7) is -3.72. The van der Waals surface area contributed by atoms with Crippen LogP contribution >= 0.6 is 0 Å². The smallest absolute Gasteiger partial charge is 0.242 e. The molecule has 6 aromatic rings. The molecule has 464 valence electrons. The van der Waals surface area contributed by atoms with Gasteiger partial charge in [-0.3, -0.25) is 43.2 Å². The maximum absolute atomic E-state index is 15.0. The van der Waals surface area contributed by atoms with E-state index in [1.807, 2.05) is 42.5 Å². The zero-order valence-corrected chi connectivity index (χ0v) is 49.7. The third-order valence-corrected chi connectivity index (χ3v) is 14.1. The quantitative estimate of drug-likeness (QED) is 0.0351. The number of nitrogens with zero attached hydrogens (tertiary/aromatic N) is 8. The second-order valence-electron chi connectivity index (χ2n) is 21.1. The molecule has 0 unspecified atom stereocenters. The van der Waals surface area contributed by atoms with Crippen LogP contribution in [0.4, 0.5) is 0 Å². The number of carbonyl (C=O) groups is 9. The van der Waals surface area contributed by atoms with E-state index in [0.717, 1.165) is 11.1 Å². The summed E-state index contributed by atoms with van der Waals surface area (Å²) >= 11 is 0. The lowest BCUT2D eigenvalue weighted by Gasteiger charge is -2.33. The van der Waals surface area contributed by atoms with E-state index < -0.39 is 93.1 Å². The van der Waals surface area contributed by atoms with Gasteiger partial charge in [-0.15, -0.1) is 0 Å². The molecule has 22 heteroatoms. The topological polar surface area (TPSA) is 296 Å². The Kier molecular flexibility index (Phi) is 27.9. The Morgan fingerprint density at radius 3 is 0.693 bits per heavy atom. The van der Waals surface area contributed by atoms with Crippen LogP contribution in [-0.4, -0.2) is 191 Å². The lowest BCUT2D eigenvalue weighted by molar-refractivity contribution is -0.149. The van der Waals surface area contributed by atoms with Gasteiger partial charge in [0.2, 0.25) is 53.2 Å². The molecule has 22 nitrogen and oxygen atoms in total. The molecular formula is C66H81N13O9. The second-order valence-corrected chi connectivity index (χ2v) is 21.1. The Balaban J connectivity index is 1.24. The highest BCUT2D eigenvalue weighted by Crippen LogP contribution is 2.16. The van der Waals surface area contributed by atoms with Gasteiger partial charge in [-0.25, -0.2) is 0 Å². The van der Waals surface area contributed by atoms with Crippen LogP contribution in [0, 0.1) is 0 Å². The molecule has 0 aliphatic rings. The number of hydrogen-bond acceptors (Lipinski definition) is 13. The zero-order chi connectivity index (χ0) is 63.0. The first-order chi connectivity index (χ1) is 42.6. The Bertz CT molecular complexity index is 3170. The molecule has 0 bridgehead atoms. The van der Waals surface area contributed by atoms with Crippen molar-refractivity contribution in [3.8, 4) is 0 Å². The standard InChI is InChI=1S/C66H81N13O9/c67-31-34-71-37-59(81)75(39-53-21-9-2-10-22-53)49-65(87)76(40-54-23-11-3-12-24-54)47-60(82)73(36-33-69)46-63(85)79(43-57-29-17-6-18-30-57)51-66(88)77(41-55-25-13-4-14-26-55)48-61(83)72(35-32-68)45-62(84)78(42-56-27-15-5-16-28-56)50-64(86)74(44-58(70)80)38-52-19-7-1-8-20-52/h1-30,71H,31-51,67-69H2,(H2,70,80). The van der Waals surface area contributed by atoms with Crippen LogP contribution in [0.15, 0.2) is 182 Å². The first-order valence-corrected chi connectivity index (χ1v) is 29.2. The zero-order valence-electron chi connectivity index (χ0n) is 49.7. The van der Waals surface area contributed by atoms with Crippen LogP contribution in [0.3, 0.4) is 0 Å². The van der Waals surface area contributed by atoms with Gasteiger partial charge in [0.25, 0.3) is 0 Å². The van der Waals surface area contributed by atoms with E-state index in [-0.39, 0.29) is 84.4 Å². The second kappa shape index (κ2) is 36.4. The van der Waals surface area contributed by atoms with E-state index in [2.05, 4.69) is 5.32 Å². The lowest BCUT2D eigenvalue weighted by Crippen LogP contribution is -2.52. The Hall–Kier alpha value is -9.61. The predicted octanol–water partition coefficient (Wildman–Crippen LogP) is 1.77. The third kappa shape index (κ3) is 23.0. The number of nitrogens with two attached hydrogens (primary N) is 4. The highest BCUT2D eigenvalue weighted by molar-refractivity contribution is 5.94. The molecule has 0 saturated carbocycles. The first kappa shape index (κ1) is 67.5. The van der Waals surface area contributed by atoms with E-state index >= 15 is 0 Å². The van der Waals surface area contributed by atoms with E-state index in [9.17, 15) is 43.2 Å². The van der Waals surface area contributed by atoms with Gasteiger partial charge in [0.1, 0.15) is 32.7 Å². The number of carbonyl (C=O) groups excluding carboxylic acids is 9. The van der Waals surface area contributed by atoms with E-state index in [1.54, 1.807) is 140 Å². The van der Waals surface area contributed by atoms with Crippen LogP contribution in [-0.2, 0) is 82.4 Å². The summed E-state index contributed by atoms with van der Waals surface area (Å²) in [4.78, 5) is 138. The summed E-state index contributed by atoms with van der Waals surface area (Å²) in [6.07, 6.45) is 0. The summed E-state index contributed by atoms with van der Waals surface area (Å²) < 4.78 is 0. The lowest BCUT2D eigenvalue weighted by atomic mass is 10.2.